The maximum absolute atomic E-state index is 13.5. The first-order chi connectivity index (χ1) is 9.90. The SMILES string of the molecule is CC(O)c1cccc(NC(=O)c2ccc(F)c(F)c2F)c1. The van der Waals surface area contributed by atoms with E-state index < -0.39 is 35.0 Å². The molecule has 0 radical (unpaired) electrons. The molecule has 1 atom stereocenters. The van der Waals surface area contributed by atoms with E-state index in [0.29, 0.717) is 17.3 Å². The van der Waals surface area contributed by atoms with Gasteiger partial charge in [-0.3, -0.25) is 4.79 Å². The molecule has 0 saturated heterocycles. The van der Waals surface area contributed by atoms with Gasteiger partial charge in [-0.2, -0.15) is 0 Å². The van der Waals surface area contributed by atoms with Crippen LogP contribution in [-0.4, -0.2) is 11.0 Å². The van der Waals surface area contributed by atoms with Crippen molar-refractivity contribution < 1.29 is 23.1 Å². The van der Waals surface area contributed by atoms with Gasteiger partial charge in [-0.05, 0) is 36.8 Å². The Hall–Kier alpha value is -2.34. The van der Waals surface area contributed by atoms with E-state index in [0.717, 1.165) is 6.07 Å². The van der Waals surface area contributed by atoms with Crippen LogP contribution in [0.1, 0.15) is 28.9 Å². The number of hydrogen-bond acceptors (Lipinski definition) is 2. The molecule has 2 rings (SSSR count). The van der Waals surface area contributed by atoms with Crippen molar-refractivity contribution in [2.75, 3.05) is 5.32 Å². The number of nitrogens with one attached hydrogen (secondary N) is 1. The van der Waals surface area contributed by atoms with E-state index in [1.54, 1.807) is 19.1 Å². The van der Waals surface area contributed by atoms with Gasteiger partial charge in [-0.15, -0.1) is 0 Å². The van der Waals surface area contributed by atoms with E-state index in [4.69, 9.17) is 0 Å². The molecule has 0 fully saturated rings. The molecule has 0 aliphatic carbocycles. The van der Waals surface area contributed by atoms with Crippen LogP contribution in [-0.2, 0) is 0 Å². The fourth-order valence-corrected chi connectivity index (χ4v) is 1.78. The van der Waals surface area contributed by atoms with Crippen molar-refractivity contribution in [3.8, 4) is 0 Å². The van der Waals surface area contributed by atoms with Crippen LogP contribution in [0.2, 0.25) is 0 Å². The molecule has 0 aliphatic rings. The molecule has 1 unspecified atom stereocenters. The van der Waals surface area contributed by atoms with Gasteiger partial charge in [0, 0.05) is 5.69 Å². The van der Waals surface area contributed by atoms with Gasteiger partial charge in [0.15, 0.2) is 17.5 Å². The van der Waals surface area contributed by atoms with Crippen LogP contribution in [0.4, 0.5) is 18.9 Å². The van der Waals surface area contributed by atoms with Crippen LogP contribution in [0.5, 0.6) is 0 Å². The van der Waals surface area contributed by atoms with Crippen molar-refractivity contribution in [1.82, 2.24) is 0 Å². The van der Waals surface area contributed by atoms with E-state index in [1.165, 1.54) is 12.1 Å². The van der Waals surface area contributed by atoms with Crippen LogP contribution in [0.3, 0.4) is 0 Å². The lowest BCUT2D eigenvalue weighted by atomic mass is 10.1. The second-order valence-corrected chi connectivity index (χ2v) is 4.48. The maximum atomic E-state index is 13.5. The lowest BCUT2D eigenvalue weighted by Gasteiger charge is -2.10. The second-order valence-electron chi connectivity index (χ2n) is 4.48. The number of rotatable bonds is 3. The first-order valence-electron chi connectivity index (χ1n) is 6.13. The molecule has 3 nitrogen and oxygen atoms in total. The Balaban J connectivity index is 2.26. The Labute approximate surface area is 119 Å². The molecule has 2 aromatic carbocycles. The van der Waals surface area contributed by atoms with Gasteiger partial charge in [0.05, 0.1) is 11.7 Å². The van der Waals surface area contributed by atoms with Gasteiger partial charge in [0.2, 0.25) is 0 Å². The molecule has 6 heteroatoms. The Bertz CT molecular complexity index is 687. The van der Waals surface area contributed by atoms with Crippen LogP contribution in [0, 0.1) is 17.5 Å². The lowest BCUT2D eigenvalue weighted by Crippen LogP contribution is -2.15. The predicted molar refractivity (Wildman–Crippen MR) is 71.3 cm³/mol. The van der Waals surface area contributed by atoms with Gasteiger partial charge in [-0.1, -0.05) is 12.1 Å². The van der Waals surface area contributed by atoms with E-state index in [9.17, 15) is 23.1 Å². The van der Waals surface area contributed by atoms with Crippen molar-refractivity contribution in [3.63, 3.8) is 0 Å². The zero-order valence-electron chi connectivity index (χ0n) is 11.0. The number of amides is 1. The molecule has 0 bridgehead atoms. The number of carbonyl (C=O) groups excluding carboxylic acids is 1. The smallest absolute Gasteiger partial charge is 0.258 e. The number of halogens is 3. The third-order valence-corrected chi connectivity index (χ3v) is 2.91. The topological polar surface area (TPSA) is 49.3 Å². The molecular formula is C15H12F3NO2. The zero-order chi connectivity index (χ0) is 15.6. The number of hydrogen-bond donors (Lipinski definition) is 2. The fourth-order valence-electron chi connectivity index (χ4n) is 1.78. The molecule has 0 spiro atoms. The van der Waals surface area contributed by atoms with Crippen LogP contribution >= 0.6 is 0 Å². The van der Waals surface area contributed by atoms with Gasteiger partial charge >= 0.3 is 0 Å². The third-order valence-electron chi connectivity index (χ3n) is 2.91. The summed E-state index contributed by atoms with van der Waals surface area (Å²) < 4.78 is 39.4. The molecule has 0 saturated carbocycles. The molecule has 110 valence electrons. The average molecular weight is 295 g/mol. The Morgan fingerprint density at radius 1 is 1.14 bits per heavy atom. The fraction of sp³-hybridized carbons (Fsp3) is 0.133. The van der Waals surface area contributed by atoms with Gasteiger partial charge < -0.3 is 10.4 Å². The summed E-state index contributed by atoms with van der Waals surface area (Å²) in [6, 6.07) is 7.82. The number of aliphatic hydroxyl groups excluding tert-OH is 1. The van der Waals surface area contributed by atoms with Crippen molar-refractivity contribution in [3.05, 3.63) is 65.0 Å². The first kappa shape index (κ1) is 15.1. The lowest BCUT2D eigenvalue weighted by molar-refractivity contribution is 0.102. The zero-order valence-corrected chi connectivity index (χ0v) is 11.0. The highest BCUT2D eigenvalue weighted by atomic mass is 19.2. The van der Waals surface area contributed by atoms with E-state index in [2.05, 4.69) is 5.32 Å². The van der Waals surface area contributed by atoms with E-state index in [-0.39, 0.29) is 0 Å². The minimum atomic E-state index is -1.69. The largest absolute Gasteiger partial charge is 0.389 e. The van der Waals surface area contributed by atoms with Crippen molar-refractivity contribution in [2.24, 2.45) is 0 Å². The van der Waals surface area contributed by atoms with Gasteiger partial charge in [0.1, 0.15) is 0 Å². The van der Waals surface area contributed by atoms with Crippen LogP contribution < -0.4 is 5.32 Å². The normalized spacial score (nSPS) is 12.0. The summed E-state index contributed by atoms with van der Waals surface area (Å²) in [6.07, 6.45) is -0.734. The highest BCUT2D eigenvalue weighted by molar-refractivity contribution is 6.04. The minimum Gasteiger partial charge on any atom is -0.389 e. The molecule has 0 aliphatic heterocycles. The van der Waals surface area contributed by atoms with E-state index >= 15 is 0 Å². The van der Waals surface area contributed by atoms with Crippen LogP contribution in [0.25, 0.3) is 0 Å². The molecule has 0 heterocycles. The van der Waals surface area contributed by atoms with Crippen LogP contribution in [0.15, 0.2) is 36.4 Å². The summed E-state index contributed by atoms with van der Waals surface area (Å²) in [5.41, 5.74) is 0.262. The Morgan fingerprint density at radius 3 is 2.52 bits per heavy atom. The second kappa shape index (κ2) is 5.97. The number of aliphatic hydroxyl groups is 1. The van der Waals surface area contributed by atoms with Gasteiger partial charge in [0.25, 0.3) is 5.91 Å². The molecule has 1 amide bonds. The number of anilines is 1. The molecule has 2 N–H and O–H groups in total. The summed E-state index contributed by atoms with van der Waals surface area (Å²) in [6.45, 7) is 1.55. The Morgan fingerprint density at radius 2 is 1.86 bits per heavy atom. The van der Waals surface area contributed by atoms with E-state index in [1.807, 2.05) is 0 Å². The molecule has 0 aromatic heterocycles. The van der Waals surface area contributed by atoms with Crippen molar-refractivity contribution in [1.29, 1.82) is 0 Å². The average Bonchev–Trinajstić information content (AvgIpc) is 2.45. The predicted octanol–water partition coefficient (Wildman–Crippen LogP) is 3.41. The maximum Gasteiger partial charge on any atom is 0.258 e. The highest BCUT2D eigenvalue weighted by Crippen LogP contribution is 2.20. The summed E-state index contributed by atoms with van der Waals surface area (Å²) in [5, 5.41) is 11.8. The molecular weight excluding hydrogens is 283 g/mol. The quantitative estimate of drug-likeness (QED) is 0.853. The number of carbonyl (C=O) groups is 1. The minimum absolute atomic E-state index is 0.308. The standard InChI is InChI=1S/C15H12F3NO2/c1-8(20)9-3-2-4-10(7-9)19-15(21)11-5-6-12(16)14(18)13(11)17/h2-8,20H,1H3,(H,19,21). The monoisotopic (exact) mass is 295 g/mol. The number of benzene rings is 2. The summed E-state index contributed by atoms with van der Waals surface area (Å²) in [5.74, 6) is -5.51. The molecule has 21 heavy (non-hydrogen) atoms. The van der Waals surface area contributed by atoms with Gasteiger partial charge in [-0.25, -0.2) is 13.2 Å². The van der Waals surface area contributed by atoms with Crippen molar-refractivity contribution >= 4 is 11.6 Å². The molecule has 2 aromatic rings. The summed E-state index contributed by atoms with van der Waals surface area (Å²) in [4.78, 5) is 11.9. The third kappa shape index (κ3) is 3.22. The summed E-state index contributed by atoms with van der Waals surface area (Å²) >= 11 is 0. The Kier molecular flexibility index (Phi) is 4.28. The highest BCUT2D eigenvalue weighted by Gasteiger charge is 2.19. The summed E-state index contributed by atoms with van der Waals surface area (Å²) in [7, 11) is 0. The van der Waals surface area contributed by atoms with Crippen molar-refractivity contribution in [2.45, 2.75) is 13.0 Å². The first-order valence-corrected chi connectivity index (χ1v) is 6.13.